The Hall–Kier alpha value is -2.42. The molecule has 0 amide bonds. The summed E-state index contributed by atoms with van der Waals surface area (Å²) < 4.78 is 6.80. The summed E-state index contributed by atoms with van der Waals surface area (Å²) in [5.41, 5.74) is 4.20. The minimum atomic E-state index is -0.744. The van der Waals surface area contributed by atoms with Gasteiger partial charge >= 0.3 is 11.7 Å². The Morgan fingerprint density at radius 3 is 2.28 bits per heavy atom. The number of ether oxygens (including phenoxy) is 1. The average Bonchev–Trinajstić information content (AvgIpc) is 2.50. The van der Waals surface area contributed by atoms with Crippen molar-refractivity contribution in [3.05, 3.63) is 26.4 Å². The fraction of sp³-hybridized carbons (Fsp3) is 0.625. The third-order valence-corrected chi connectivity index (χ3v) is 3.64. The van der Waals surface area contributed by atoms with Crippen LogP contribution in [-0.4, -0.2) is 52.0 Å². The number of esters is 1. The minimum absolute atomic E-state index is 0.0657. The molecule has 2 N–H and O–H groups in total. The summed E-state index contributed by atoms with van der Waals surface area (Å²) in [6, 6.07) is 0. The monoisotopic (exact) mass is 354 g/mol. The summed E-state index contributed by atoms with van der Waals surface area (Å²) in [5, 5.41) is 0. The van der Waals surface area contributed by atoms with Gasteiger partial charge in [0.2, 0.25) is 0 Å². The molecule has 140 valence electrons. The molecule has 9 nitrogen and oxygen atoms in total. The zero-order valence-corrected chi connectivity index (χ0v) is 15.4. The van der Waals surface area contributed by atoms with Gasteiger partial charge in [-0.25, -0.2) is 4.79 Å². The van der Waals surface area contributed by atoms with E-state index in [9.17, 15) is 19.2 Å². The first-order chi connectivity index (χ1) is 11.6. The first-order valence-electron chi connectivity index (χ1n) is 8.06. The number of rotatable bonds is 8. The second-order valence-electron chi connectivity index (χ2n) is 6.26. The van der Waals surface area contributed by atoms with Crippen LogP contribution >= 0.6 is 0 Å². The Morgan fingerprint density at radius 1 is 1.16 bits per heavy atom. The van der Waals surface area contributed by atoms with Crippen molar-refractivity contribution in [1.29, 1.82) is 0 Å². The number of nitrogen functional groups attached to an aromatic ring is 1. The number of aromatic nitrogens is 2. The van der Waals surface area contributed by atoms with Crippen molar-refractivity contribution in [3.8, 4) is 0 Å². The van der Waals surface area contributed by atoms with Crippen molar-refractivity contribution in [1.82, 2.24) is 14.0 Å². The molecule has 0 saturated heterocycles. The van der Waals surface area contributed by atoms with Gasteiger partial charge in [-0.1, -0.05) is 13.8 Å². The fourth-order valence-electron chi connectivity index (χ4n) is 2.49. The van der Waals surface area contributed by atoms with Gasteiger partial charge in [0.25, 0.3) is 5.56 Å². The van der Waals surface area contributed by atoms with Crippen LogP contribution in [0.1, 0.15) is 31.1 Å². The zero-order chi connectivity index (χ0) is 19.3. The smallest absolute Gasteiger partial charge is 0.332 e. The predicted octanol–water partition coefficient (Wildman–Crippen LogP) is -0.630. The molecule has 0 spiro atoms. The topological polar surface area (TPSA) is 117 Å². The molecule has 1 heterocycles. The van der Waals surface area contributed by atoms with Gasteiger partial charge in [-0.3, -0.25) is 28.4 Å². The zero-order valence-electron chi connectivity index (χ0n) is 15.4. The van der Waals surface area contributed by atoms with Crippen molar-refractivity contribution >= 4 is 17.6 Å². The van der Waals surface area contributed by atoms with Gasteiger partial charge in [0, 0.05) is 20.6 Å². The van der Waals surface area contributed by atoms with E-state index in [2.05, 4.69) is 0 Å². The third-order valence-electron chi connectivity index (χ3n) is 3.64. The van der Waals surface area contributed by atoms with Crippen LogP contribution in [0.3, 0.4) is 0 Å². The Kier molecular flexibility index (Phi) is 7.10. The van der Waals surface area contributed by atoms with E-state index in [0.29, 0.717) is 6.54 Å². The summed E-state index contributed by atoms with van der Waals surface area (Å²) >= 11 is 0. The van der Waals surface area contributed by atoms with Crippen LogP contribution in [-0.2, 0) is 23.6 Å². The maximum absolute atomic E-state index is 12.6. The van der Waals surface area contributed by atoms with E-state index in [1.807, 2.05) is 13.8 Å². The van der Waals surface area contributed by atoms with Gasteiger partial charge in [-0.15, -0.1) is 0 Å². The summed E-state index contributed by atoms with van der Waals surface area (Å²) in [4.78, 5) is 50.1. The maximum atomic E-state index is 12.6. The predicted molar refractivity (Wildman–Crippen MR) is 93.6 cm³/mol. The highest BCUT2D eigenvalue weighted by atomic mass is 16.5. The number of anilines is 1. The van der Waals surface area contributed by atoms with Gasteiger partial charge in [0.15, 0.2) is 5.78 Å². The quantitative estimate of drug-likeness (QED) is 0.488. The molecule has 1 aromatic rings. The van der Waals surface area contributed by atoms with E-state index in [0.717, 1.165) is 9.13 Å². The summed E-state index contributed by atoms with van der Waals surface area (Å²) in [7, 11) is 2.67. The Labute approximate surface area is 146 Å². The highest BCUT2D eigenvalue weighted by molar-refractivity contribution is 6.01. The number of nitrogens with zero attached hydrogens (tertiary/aromatic N) is 3. The molecule has 1 aromatic heterocycles. The molecule has 0 bridgehead atoms. The van der Waals surface area contributed by atoms with Crippen LogP contribution in [0, 0.1) is 5.92 Å². The van der Waals surface area contributed by atoms with Crippen LogP contribution in [0.25, 0.3) is 0 Å². The number of hydrogen-bond donors (Lipinski definition) is 1. The number of carbonyl (C=O) groups excluding carboxylic acids is 2. The number of ketones is 1. The molecule has 0 atom stereocenters. The van der Waals surface area contributed by atoms with Gasteiger partial charge in [-0.05, 0) is 12.8 Å². The van der Waals surface area contributed by atoms with E-state index < -0.39 is 23.0 Å². The van der Waals surface area contributed by atoms with Crippen LogP contribution in [0.5, 0.6) is 0 Å². The van der Waals surface area contributed by atoms with Gasteiger partial charge in [0.05, 0.1) is 19.7 Å². The first kappa shape index (κ1) is 20.6. The van der Waals surface area contributed by atoms with E-state index in [4.69, 9.17) is 10.5 Å². The van der Waals surface area contributed by atoms with Crippen LogP contribution < -0.4 is 17.0 Å². The summed E-state index contributed by atoms with van der Waals surface area (Å²) in [6.45, 7) is 6.07. The molecule has 0 aliphatic heterocycles. The van der Waals surface area contributed by atoms with Crippen molar-refractivity contribution in [3.63, 3.8) is 0 Å². The first-order valence-corrected chi connectivity index (χ1v) is 8.06. The third kappa shape index (κ3) is 5.02. The lowest BCUT2D eigenvalue weighted by Crippen LogP contribution is -2.44. The lowest BCUT2D eigenvalue weighted by atomic mass is 10.1. The lowest BCUT2D eigenvalue weighted by Gasteiger charge is -2.22. The van der Waals surface area contributed by atoms with Gasteiger partial charge in [0.1, 0.15) is 11.4 Å². The van der Waals surface area contributed by atoms with Gasteiger partial charge in [-0.2, -0.15) is 0 Å². The molecule has 0 aromatic carbocycles. The van der Waals surface area contributed by atoms with Crippen LogP contribution in [0.4, 0.5) is 5.82 Å². The molecular formula is C16H26N4O5. The summed E-state index contributed by atoms with van der Waals surface area (Å²) in [6.07, 6.45) is 0. The van der Waals surface area contributed by atoms with Crippen molar-refractivity contribution in [2.45, 2.75) is 20.8 Å². The van der Waals surface area contributed by atoms with Crippen molar-refractivity contribution in [2.75, 3.05) is 32.0 Å². The highest BCUT2D eigenvalue weighted by Crippen LogP contribution is 2.07. The largest absolute Gasteiger partial charge is 0.465 e. The van der Waals surface area contributed by atoms with Crippen molar-refractivity contribution in [2.24, 2.45) is 20.0 Å². The second-order valence-corrected chi connectivity index (χ2v) is 6.26. The number of hydrogen-bond acceptors (Lipinski definition) is 7. The van der Waals surface area contributed by atoms with Gasteiger partial charge < -0.3 is 10.5 Å². The Morgan fingerprint density at radius 2 is 1.76 bits per heavy atom. The van der Waals surface area contributed by atoms with Crippen LogP contribution in [0.2, 0.25) is 0 Å². The SMILES string of the molecule is CCOC(=O)CN(CC(=O)c1c(N)n(C)c(=O)n(C)c1=O)CC(C)C. The molecule has 9 heteroatoms. The van der Waals surface area contributed by atoms with E-state index in [1.165, 1.54) is 14.1 Å². The van der Waals surface area contributed by atoms with Crippen molar-refractivity contribution < 1.29 is 14.3 Å². The minimum Gasteiger partial charge on any atom is -0.465 e. The second kappa shape index (κ2) is 8.61. The number of carbonyl (C=O) groups is 2. The maximum Gasteiger partial charge on any atom is 0.332 e. The molecule has 0 aliphatic rings. The number of Topliss-reactive ketones (excluding diaryl/α,β-unsaturated/α-hetero) is 1. The van der Waals surface area contributed by atoms with E-state index in [-0.39, 0.29) is 37.0 Å². The normalized spacial score (nSPS) is 11.2. The molecule has 0 radical (unpaired) electrons. The molecule has 0 fully saturated rings. The Bertz CT molecular complexity index is 763. The summed E-state index contributed by atoms with van der Waals surface area (Å²) in [5.74, 6) is -0.975. The highest BCUT2D eigenvalue weighted by Gasteiger charge is 2.23. The molecule has 0 saturated carbocycles. The molecule has 0 aliphatic carbocycles. The molecule has 25 heavy (non-hydrogen) atoms. The van der Waals surface area contributed by atoms with E-state index >= 15 is 0 Å². The lowest BCUT2D eigenvalue weighted by molar-refractivity contribution is -0.144. The molecule has 1 rings (SSSR count). The van der Waals surface area contributed by atoms with Crippen LogP contribution in [0.15, 0.2) is 9.59 Å². The average molecular weight is 354 g/mol. The fourth-order valence-corrected chi connectivity index (χ4v) is 2.49. The molecule has 0 unspecified atom stereocenters. The standard InChI is InChI=1S/C16H26N4O5/c1-6-25-12(22)9-20(7-10(2)3)8-11(21)13-14(17)18(4)16(24)19(5)15(13)23/h10H,6-9,17H2,1-5H3. The van der Waals surface area contributed by atoms with E-state index in [1.54, 1.807) is 11.8 Å². The number of nitrogens with two attached hydrogens (primary N) is 1. The molecular weight excluding hydrogens is 328 g/mol. The Balaban J connectivity index is 3.15.